The summed E-state index contributed by atoms with van der Waals surface area (Å²) in [5.74, 6) is 0.193. The number of aryl methyl sites for hydroxylation is 1. The maximum Gasteiger partial charge on any atom is 0.268 e. The average molecular weight is 448 g/mol. The Bertz CT molecular complexity index is 1290. The maximum absolute atomic E-state index is 13.4. The molecule has 4 rings (SSSR count). The summed E-state index contributed by atoms with van der Waals surface area (Å²) in [5, 5.41) is 12.1. The topological polar surface area (TPSA) is 67.5 Å². The van der Waals surface area contributed by atoms with Crippen LogP contribution in [0.15, 0.2) is 81.1 Å². The summed E-state index contributed by atoms with van der Waals surface area (Å²) in [5.41, 5.74) is 2.53. The van der Waals surface area contributed by atoms with Crippen LogP contribution in [0.4, 0.5) is 5.69 Å². The molecule has 0 unspecified atom stereocenters. The fraction of sp³-hybridized carbons (Fsp3) is 0.0870. The molecular weight excluding hydrogens is 430 g/mol. The SMILES string of the molecule is CC(=Nc1ccc(C)cc1)c1c(=O)n(-c2ccc(Br)cn2)c(O)c2ccccc12. The summed E-state index contributed by atoms with van der Waals surface area (Å²) < 4.78 is 2.00. The van der Waals surface area contributed by atoms with E-state index in [-0.39, 0.29) is 11.4 Å². The molecule has 2 aromatic carbocycles. The number of hydrogen-bond donors (Lipinski definition) is 1. The molecule has 1 N–H and O–H groups in total. The molecule has 0 saturated carbocycles. The summed E-state index contributed by atoms with van der Waals surface area (Å²) >= 11 is 3.34. The van der Waals surface area contributed by atoms with E-state index in [2.05, 4.69) is 25.9 Å². The predicted octanol–water partition coefficient (Wildman–Crippen LogP) is 5.30. The van der Waals surface area contributed by atoms with Crippen LogP contribution in [0.3, 0.4) is 0 Å². The van der Waals surface area contributed by atoms with Gasteiger partial charge in [0.1, 0.15) is 5.82 Å². The summed E-state index contributed by atoms with van der Waals surface area (Å²) in [6.07, 6.45) is 1.59. The van der Waals surface area contributed by atoms with Gasteiger partial charge in [0.05, 0.1) is 17.0 Å². The highest BCUT2D eigenvalue weighted by Crippen LogP contribution is 2.28. The Morgan fingerprint density at radius 3 is 2.38 bits per heavy atom. The molecule has 0 radical (unpaired) electrons. The van der Waals surface area contributed by atoms with Gasteiger partial charge in [-0.1, -0.05) is 35.9 Å². The van der Waals surface area contributed by atoms with E-state index in [0.717, 1.165) is 15.7 Å². The van der Waals surface area contributed by atoms with Gasteiger partial charge in [0.25, 0.3) is 5.56 Å². The Morgan fingerprint density at radius 1 is 1.03 bits per heavy atom. The number of aliphatic imine (C=N–C) groups is 1. The molecule has 144 valence electrons. The highest BCUT2D eigenvalue weighted by Gasteiger charge is 2.19. The van der Waals surface area contributed by atoms with Gasteiger partial charge in [-0.2, -0.15) is 0 Å². The Kier molecular flexibility index (Phi) is 5.03. The van der Waals surface area contributed by atoms with E-state index in [1.165, 1.54) is 4.57 Å². The third-order valence-electron chi connectivity index (χ3n) is 4.70. The Morgan fingerprint density at radius 2 is 1.72 bits per heavy atom. The molecule has 29 heavy (non-hydrogen) atoms. The van der Waals surface area contributed by atoms with Crippen LogP contribution in [0.2, 0.25) is 0 Å². The summed E-state index contributed by atoms with van der Waals surface area (Å²) in [4.78, 5) is 22.4. The van der Waals surface area contributed by atoms with Crippen LogP contribution in [-0.2, 0) is 0 Å². The van der Waals surface area contributed by atoms with Crippen molar-refractivity contribution in [3.8, 4) is 11.7 Å². The molecular formula is C23H18BrN3O2. The second-order valence-electron chi connectivity index (χ2n) is 6.75. The second-order valence-corrected chi connectivity index (χ2v) is 7.67. The van der Waals surface area contributed by atoms with Crippen molar-refractivity contribution in [1.29, 1.82) is 0 Å². The highest BCUT2D eigenvalue weighted by atomic mass is 79.9. The first-order valence-corrected chi connectivity index (χ1v) is 9.86. The molecule has 2 aromatic heterocycles. The van der Waals surface area contributed by atoms with Crippen LogP contribution >= 0.6 is 15.9 Å². The van der Waals surface area contributed by atoms with E-state index in [1.54, 1.807) is 31.3 Å². The van der Waals surface area contributed by atoms with Crippen molar-refractivity contribution in [3.05, 3.63) is 92.8 Å². The number of halogens is 1. The number of rotatable bonds is 3. The lowest BCUT2D eigenvalue weighted by atomic mass is 10.0. The first-order valence-electron chi connectivity index (χ1n) is 9.06. The third kappa shape index (κ3) is 3.59. The quantitative estimate of drug-likeness (QED) is 0.433. The van der Waals surface area contributed by atoms with E-state index in [9.17, 15) is 9.90 Å². The number of pyridine rings is 2. The van der Waals surface area contributed by atoms with Gasteiger partial charge < -0.3 is 5.11 Å². The highest BCUT2D eigenvalue weighted by molar-refractivity contribution is 9.10. The number of nitrogens with zero attached hydrogens (tertiary/aromatic N) is 3. The zero-order chi connectivity index (χ0) is 20.5. The second kappa shape index (κ2) is 7.64. The first-order chi connectivity index (χ1) is 14.0. The Balaban J connectivity index is 2.01. The molecule has 0 bridgehead atoms. The van der Waals surface area contributed by atoms with Crippen molar-refractivity contribution in [2.45, 2.75) is 13.8 Å². The van der Waals surface area contributed by atoms with Crippen molar-refractivity contribution in [1.82, 2.24) is 9.55 Å². The minimum Gasteiger partial charge on any atom is -0.494 e. The van der Waals surface area contributed by atoms with E-state index < -0.39 is 0 Å². The van der Waals surface area contributed by atoms with Gasteiger partial charge in [-0.25, -0.2) is 9.55 Å². The van der Waals surface area contributed by atoms with E-state index in [4.69, 9.17) is 0 Å². The number of fused-ring (bicyclic) bond motifs is 1. The fourth-order valence-electron chi connectivity index (χ4n) is 3.27. The lowest BCUT2D eigenvalue weighted by Crippen LogP contribution is -2.25. The molecule has 2 heterocycles. The molecule has 0 atom stereocenters. The van der Waals surface area contributed by atoms with Crippen LogP contribution in [0.5, 0.6) is 5.88 Å². The zero-order valence-corrected chi connectivity index (χ0v) is 17.5. The van der Waals surface area contributed by atoms with Gasteiger partial charge in [0.2, 0.25) is 5.88 Å². The molecule has 0 aliphatic carbocycles. The van der Waals surface area contributed by atoms with Crippen molar-refractivity contribution < 1.29 is 5.11 Å². The number of hydrogen-bond acceptors (Lipinski definition) is 4. The molecule has 5 nitrogen and oxygen atoms in total. The van der Waals surface area contributed by atoms with Crippen molar-refractivity contribution in [3.63, 3.8) is 0 Å². The standard InChI is InChI=1S/C23H18BrN3O2/c1-14-7-10-17(11-8-14)26-15(2)21-18-5-3-4-6-19(18)22(28)27(23(21)29)20-12-9-16(24)13-25-20/h3-13,28H,1-2H3. The van der Waals surface area contributed by atoms with E-state index in [1.807, 2.05) is 49.4 Å². The lowest BCUT2D eigenvalue weighted by molar-refractivity contribution is 0.441. The molecule has 6 heteroatoms. The van der Waals surface area contributed by atoms with Crippen molar-refractivity contribution in [2.24, 2.45) is 4.99 Å². The monoisotopic (exact) mass is 447 g/mol. The molecule has 0 saturated heterocycles. The van der Waals surface area contributed by atoms with Gasteiger partial charge in [-0.05, 0) is 60.1 Å². The first kappa shape index (κ1) is 19.1. The number of aromatic nitrogens is 2. The minimum absolute atomic E-state index is 0.146. The summed E-state index contributed by atoms with van der Waals surface area (Å²) in [6, 6.07) is 18.5. The summed E-state index contributed by atoms with van der Waals surface area (Å²) in [7, 11) is 0. The van der Waals surface area contributed by atoms with Gasteiger partial charge >= 0.3 is 0 Å². The van der Waals surface area contributed by atoms with Crippen molar-refractivity contribution >= 4 is 38.1 Å². The number of aromatic hydroxyl groups is 1. The molecule has 0 fully saturated rings. The fourth-order valence-corrected chi connectivity index (χ4v) is 3.51. The molecule has 0 aliphatic heterocycles. The lowest BCUT2D eigenvalue weighted by Gasteiger charge is -2.14. The largest absolute Gasteiger partial charge is 0.494 e. The zero-order valence-electron chi connectivity index (χ0n) is 15.9. The van der Waals surface area contributed by atoms with E-state index >= 15 is 0 Å². The van der Waals surface area contributed by atoms with Crippen LogP contribution in [0.1, 0.15) is 18.1 Å². The summed E-state index contributed by atoms with van der Waals surface area (Å²) in [6.45, 7) is 3.82. The Hall–Kier alpha value is -3.25. The third-order valence-corrected chi connectivity index (χ3v) is 5.17. The smallest absolute Gasteiger partial charge is 0.268 e. The normalized spacial score (nSPS) is 11.8. The van der Waals surface area contributed by atoms with E-state index in [0.29, 0.717) is 27.9 Å². The molecule has 0 amide bonds. The maximum atomic E-state index is 13.4. The van der Waals surface area contributed by atoms with Gasteiger partial charge in [-0.15, -0.1) is 0 Å². The molecule has 4 aromatic rings. The van der Waals surface area contributed by atoms with Crippen LogP contribution in [0.25, 0.3) is 16.6 Å². The van der Waals surface area contributed by atoms with Gasteiger partial charge in [0, 0.05) is 21.4 Å². The van der Waals surface area contributed by atoms with Gasteiger partial charge in [0.15, 0.2) is 0 Å². The van der Waals surface area contributed by atoms with Crippen LogP contribution in [-0.4, -0.2) is 20.4 Å². The van der Waals surface area contributed by atoms with Crippen LogP contribution < -0.4 is 5.56 Å². The predicted molar refractivity (Wildman–Crippen MR) is 120 cm³/mol. The molecule has 0 aliphatic rings. The Labute approximate surface area is 176 Å². The van der Waals surface area contributed by atoms with Crippen LogP contribution in [0, 0.1) is 6.92 Å². The number of benzene rings is 2. The average Bonchev–Trinajstić information content (AvgIpc) is 2.71. The minimum atomic E-state index is -0.371. The van der Waals surface area contributed by atoms with Crippen molar-refractivity contribution in [2.75, 3.05) is 0 Å². The molecule has 0 spiro atoms. The van der Waals surface area contributed by atoms with Gasteiger partial charge in [-0.3, -0.25) is 9.79 Å².